The van der Waals surface area contributed by atoms with E-state index < -0.39 is 118 Å². The number of rotatable bonds is 8. The molecule has 0 aliphatic carbocycles. The van der Waals surface area contributed by atoms with Gasteiger partial charge in [-0.15, -0.1) is 0 Å². The van der Waals surface area contributed by atoms with E-state index in [9.17, 15) is 55.9 Å². The first kappa shape index (κ1) is 30.4. The average molecular weight is 545 g/mol. The van der Waals surface area contributed by atoms with Crippen molar-refractivity contribution < 1.29 is 79.5 Å². The van der Waals surface area contributed by atoms with Crippen molar-refractivity contribution in [2.24, 2.45) is 0 Å². The summed E-state index contributed by atoms with van der Waals surface area (Å²) in [7, 11) is 0. The number of carbonyl (C=O) groups is 1. The molecule has 3 aliphatic rings. The molecule has 17 nitrogen and oxygen atoms in total. The summed E-state index contributed by atoms with van der Waals surface area (Å²) in [5.74, 6) is -0.641. The molecule has 0 aromatic carbocycles. The molecule has 0 bridgehead atoms. The summed E-state index contributed by atoms with van der Waals surface area (Å²) < 4.78 is 27.0. The van der Waals surface area contributed by atoms with Crippen LogP contribution in [0.3, 0.4) is 0 Å². The van der Waals surface area contributed by atoms with Crippen molar-refractivity contribution in [3.05, 3.63) is 0 Å². The van der Waals surface area contributed by atoms with Crippen molar-refractivity contribution in [1.29, 1.82) is 0 Å². The number of hydrogen-bond acceptors (Lipinski definition) is 16. The van der Waals surface area contributed by atoms with Gasteiger partial charge >= 0.3 is 0 Å². The summed E-state index contributed by atoms with van der Waals surface area (Å²) in [5.41, 5.74) is 0. The normalized spacial score (nSPS) is 49.0. The number of amides is 1. The molecule has 0 aromatic rings. The molecule has 3 saturated heterocycles. The van der Waals surface area contributed by atoms with E-state index in [1.807, 2.05) is 0 Å². The SMILES string of the molecule is CC(=O)N[C@H]1[C@H](OC[C@H]2O[C@@H](O)[C@H](O)[C@@H](O)[C@H]2O)O[C@H](CO)[C@@H](O[C@H]2O[C@H](CO)[C@H](O)[C@H](O)[C@H]2O)[C@@H]1O. The second-order valence-electron chi connectivity index (χ2n) is 9.11. The number of aliphatic hydroxyl groups is 10. The molecule has 0 spiro atoms. The highest BCUT2D eigenvalue weighted by Crippen LogP contribution is 2.30. The van der Waals surface area contributed by atoms with Gasteiger partial charge in [0.1, 0.15) is 73.2 Å². The largest absolute Gasteiger partial charge is 0.394 e. The van der Waals surface area contributed by atoms with Gasteiger partial charge in [-0.2, -0.15) is 0 Å². The number of hydrogen-bond donors (Lipinski definition) is 11. The maximum Gasteiger partial charge on any atom is 0.217 e. The molecule has 0 aromatic heterocycles. The fraction of sp³-hybridized carbons (Fsp3) is 0.950. The van der Waals surface area contributed by atoms with E-state index in [0.29, 0.717) is 0 Å². The van der Waals surface area contributed by atoms with E-state index in [-0.39, 0.29) is 0 Å². The summed E-state index contributed by atoms with van der Waals surface area (Å²) in [5, 5.41) is 102. The Bertz CT molecular complexity index is 745. The van der Waals surface area contributed by atoms with Gasteiger partial charge < -0.3 is 80.1 Å². The topological polar surface area (TPSA) is 278 Å². The van der Waals surface area contributed by atoms with Crippen LogP contribution in [0.5, 0.6) is 0 Å². The molecule has 1 amide bonds. The number of ether oxygens (including phenoxy) is 5. The molecule has 3 aliphatic heterocycles. The van der Waals surface area contributed by atoms with Crippen molar-refractivity contribution in [2.75, 3.05) is 19.8 Å². The minimum Gasteiger partial charge on any atom is -0.394 e. The molecular weight excluding hydrogens is 510 g/mol. The van der Waals surface area contributed by atoms with Gasteiger partial charge in [0.15, 0.2) is 18.9 Å². The predicted octanol–water partition coefficient (Wildman–Crippen LogP) is -7.43. The lowest BCUT2D eigenvalue weighted by Crippen LogP contribution is -2.68. The maximum absolute atomic E-state index is 11.8. The summed E-state index contributed by atoms with van der Waals surface area (Å²) in [4.78, 5) is 11.8. The zero-order valence-electron chi connectivity index (χ0n) is 19.7. The van der Waals surface area contributed by atoms with E-state index in [1.165, 1.54) is 0 Å². The van der Waals surface area contributed by atoms with Gasteiger partial charge in [-0.3, -0.25) is 4.79 Å². The van der Waals surface area contributed by atoms with Crippen LogP contribution in [0.2, 0.25) is 0 Å². The highest BCUT2D eigenvalue weighted by molar-refractivity contribution is 5.73. The quantitative estimate of drug-likeness (QED) is 0.135. The average Bonchev–Trinajstić information content (AvgIpc) is 2.86. The van der Waals surface area contributed by atoms with Gasteiger partial charge in [-0.1, -0.05) is 0 Å². The van der Waals surface area contributed by atoms with Crippen LogP contribution in [0.25, 0.3) is 0 Å². The molecule has 0 saturated carbocycles. The Balaban J connectivity index is 1.74. The molecule has 0 unspecified atom stereocenters. The standard InChI is InChI=1S/C20H35NO16/c1-5(24)21-9-12(27)17(37-20-16(31)14(29)10(25)6(2-22)35-20)7(3-23)36-19(9)33-4-8-11(26)13(28)15(30)18(32)34-8/h6-20,22-23,25-32H,2-4H2,1H3,(H,21,24)/t6-,7-,8-,9-,10+,11+,12-,13+,14+,15-,16-,17-,18-,19-,20-/m1/s1. The van der Waals surface area contributed by atoms with E-state index in [4.69, 9.17) is 23.7 Å². The van der Waals surface area contributed by atoms with E-state index in [0.717, 1.165) is 6.92 Å². The molecule has 3 rings (SSSR count). The Morgan fingerprint density at radius 1 is 0.703 bits per heavy atom. The van der Waals surface area contributed by atoms with Crippen LogP contribution in [0, 0.1) is 0 Å². The van der Waals surface area contributed by atoms with Gasteiger partial charge in [0, 0.05) is 6.92 Å². The van der Waals surface area contributed by atoms with Crippen molar-refractivity contribution >= 4 is 5.91 Å². The monoisotopic (exact) mass is 545 g/mol. The van der Waals surface area contributed by atoms with E-state index >= 15 is 0 Å². The lowest BCUT2D eigenvalue weighted by atomic mass is 9.95. The minimum atomic E-state index is -1.84. The number of aliphatic hydroxyl groups excluding tert-OH is 10. The van der Waals surface area contributed by atoms with Crippen LogP contribution in [0.15, 0.2) is 0 Å². The number of carbonyl (C=O) groups excluding carboxylic acids is 1. The van der Waals surface area contributed by atoms with Gasteiger partial charge in [-0.25, -0.2) is 0 Å². The fourth-order valence-electron chi connectivity index (χ4n) is 4.36. The van der Waals surface area contributed by atoms with E-state index in [1.54, 1.807) is 0 Å². The van der Waals surface area contributed by atoms with Crippen LogP contribution in [-0.4, -0.2) is 169 Å². The Morgan fingerprint density at radius 3 is 1.86 bits per heavy atom. The lowest BCUT2D eigenvalue weighted by Gasteiger charge is -2.47. The molecule has 11 N–H and O–H groups in total. The molecule has 37 heavy (non-hydrogen) atoms. The van der Waals surface area contributed by atoms with E-state index in [2.05, 4.69) is 5.32 Å². The Morgan fingerprint density at radius 2 is 1.27 bits per heavy atom. The van der Waals surface area contributed by atoms with Crippen LogP contribution in [-0.2, 0) is 28.5 Å². The molecule has 0 radical (unpaired) electrons. The maximum atomic E-state index is 11.8. The number of nitrogens with one attached hydrogen (secondary N) is 1. The first-order valence-corrected chi connectivity index (χ1v) is 11.6. The second kappa shape index (κ2) is 12.8. The molecular formula is C20H35NO16. The van der Waals surface area contributed by atoms with Crippen molar-refractivity contribution in [2.45, 2.75) is 99.0 Å². The Hall–Kier alpha value is -1.13. The van der Waals surface area contributed by atoms with Crippen molar-refractivity contribution in [3.63, 3.8) is 0 Å². The highest BCUT2D eigenvalue weighted by Gasteiger charge is 2.52. The van der Waals surface area contributed by atoms with Crippen LogP contribution in [0.1, 0.15) is 6.92 Å². The zero-order chi connectivity index (χ0) is 27.6. The summed E-state index contributed by atoms with van der Waals surface area (Å²) in [6.45, 7) is -0.959. The van der Waals surface area contributed by atoms with Gasteiger partial charge in [0.05, 0.1) is 19.8 Å². The van der Waals surface area contributed by atoms with Crippen LogP contribution in [0.4, 0.5) is 0 Å². The summed E-state index contributed by atoms with van der Waals surface area (Å²) in [6.07, 6.45) is -22.7. The van der Waals surface area contributed by atoms with Crippen molar-refractivity contribution in [3.8, 4) is 0 Å². The highest BCUT2D eigenvalue weighted by atomic mass is 16.7. The van der Waals surface area contributed by atoms with Crippen LogP contribution < -0.4 is 5.32 Å². The fourth-order valence-corrected chi connectivity index (χ4v) is 4.36. The minimum absolute atomic E-state index is 0.564. The summed E-state index contributed by atoms with van der Waals surface area (Å²) in [6, 6.07) is -1.38. The van der Waals surface area contributed by atoms with Crippen molar-refractivity contribution in [1.82, 2.24) is 5.32 Å². The first-order valence-electron chi connectivity index (χ1n) is 11.6. The van der Waals surface area contributed by atoms with Gasteiger partial charge in [-0.05, 0) is 0 Å². The third kappa shape index (κ3) is 6.55. The first-order chi connectivity index (χ1) is 17.4. The second-order valence-corrected chi connectivity index (χ2v) is 9.11. The Labute approximate surface area is 210 Å². The Kier molecular flexibility index (Phi) is 10.5. The van der Waals surface area contributed by atoms with Gasteiger partial charge in [0.2, 0.25) is 5.91 Å². The molecule has 17 heteroatoms. The zero-order valence-corrected chi connectivity index (χ0v) is 19.7. The molecule has 3 heterocycles. The molecule has 3 fully saturated rings. The third-order valence-corrected chi connectivity index (χ3v) is 6.47. The van der Waals surface area contributed by atoms with Crippen LogP contribution >= 0.6 is 0 Å². The smallest absolute Gasteiger partial charge is 0.217 e. The summed E-state index contributed by atoms with van der Waals surface area (Å²) >= 11 is 0. The predicted molar refractivity (Wildman–Crippen MR) is 113 cm³/mol. The lowest BCUT2D eigenvalue weighted by molar-refractivity contribution is -0.352. The molecule has 216 valence electrons. The third-order valence-electron chi connectivity index (χ3n) is 6.47. The molecule has 15 atom stereocenters. The van der Waals surface area contributed by atoms with Gasteiger partial charge in [0.25, 0.3) is 0 Å².